The summed E-state index contributed by atoms with van der Waals surface area (Å²) in [6.45, 7) is 1.39. The molecule has 0 spiro atoms. The summed E-state index contributed by atoms with van der Waals surface area (Å²) in [6.07, 6.45) is 9.12. The van der Waals surface area contributed by atoms with Crippen LogP contribution in [0.5, 0.6) is 5.75 Å². The average Bonchev–Trinajstić information content (AvgIpc) is 3.28. The van der Waals surface area contributed by atoms with Gasteiger partial charge in [0.05, 0.1) is 5.69 Å². The van der Waals surface area contributed by atoms with E-state index in [1.807, 2.05) is 11.1 Å². The van der Waals surface area contributed by atoms with Crippen LogP contribution in [-0.2, 0) is 0 Å². The third-order valence-corrected chi connectivity index (χ3v) is 6.89. The molecule has 1 amide bonds. The highest BCUT2D eigenvalue weighted by molar-refractivity contribution is 6.01. The largest absolute Gasteiger partial charge is 0.435 e. The molecule has 5 rings (SSSR count). The Morgan fingerprint density at radius 3 is 2.46 bits per heavy atom. The normalized spacial score (nSPS) is 16.6. The van der Waals surface area contributed by atoms with Gasteiger partial charge in [-0.2, -0.15) is 8.78 Å². The monoisotopic (exact) mass is 510 g/mol. The summed E-state index contributed by atoms with van der Waals surface area (Å²) in [5, 5.41) is 0. The molecule has 1 aromatic carbocycles. The van der Waals surface area contributed by atoms with Crippen molar-refractivity contribution < 1.29 is 18.3 Å². The van der Waals surface area contributed by atoms with Crippen molar-refractivity contribution in [2.24, 2.45) is 5.73 Å². The average molecular weight is 511 g/mol. The number of ether oxygens (including phenoxy) is 1. The highest BCUT2D eigenvalue weighted by atomic mass is 19.3. The smallest absolute Gasteiger partial charge is 0.387 e. The zero-order chi connectivity index (χ0) is 26.1. The number of hydrogen-bond acceptors (Lipinski definition) is 8. The molecule has 0 saturated carbocycles. The standard InChI is InChI=1S/C25H28F2N8O2/c1-15(33-9-2-10-33)35-13-19(16-3-5-18(6-4-16)37-25(26)27)32-23(35)17-7-11-34(12-8-17)24-20(22(29)36)21(28)30-14-31-24/h2-6,9,13-15,17,25H,7-8,10-12H2,1H3,(H2,29,36)(H2,28,30,31). The van der Waals surface area contributed by atoms with E-state index in [2.05, 4.69) is 43.4 Å². The number of nitrogens with two attached hydrogens (primary N) is 2. The van der Waals surface area contributed by atoms with E-state index in [-0.39, 0.29) is 29.2 Å². The van der Waals surface area contributed by atoms with Crippen LogP contribution in [0.3, 0.4) is 0 Å². The topological polar surface area (TPSA) is 128 Å². The fourth-order valence-corrected chi connectivity index (χ4v) is 4.83. The predicted octanol–water partition coefficient (Wildman–Crippen LogP) is 3.35. The van der Waals surface area contributed by atoms with Gasteiger partial charge in [-0.05, 0) is 56.3 Å². The van der Waals surface area contributed by atoms with Crippen LogP contribution < -0.4 is 21.1 Å². The first-order valence-electron chi connectivity index (χ1n) is 12.0. The molecule has 2 aliphatic heterocycles. The van der Waals surface area contributed by atoms with E-state index < -0.39 is 12.5 Å². The molecule has 2 aromatic heterocycles. The maximum absolute atomic E-state index is 12.5. The van der Waals surface area contributed by atoms with Crippen molar-refractivity contribution in [3.8, 4) is 17.0 Å². The van der Waals surface area contributed by atoms with Crippen molar-refractivity contribution in [1.82, 2.24) is 24.4 Å². The Hall–Kier alpha value is -4.22. The van der Waals surface area contributed by atoms with E-state index in [4.69, 9.17) is 16.5 Å². The number of nitrogen functional groups attached to an aromatic ring is 1. The molecule has 1 saturated heterocycles. The van der Waals surface area contributed by atoms with Gasteiger partial charge in [0, 0.05) is 37.3 Å². The summed E-state index contributed by atoms with van der Waals surface area (Å²) in [5.74, 6) is 1.08. The lowest BCUT2D eigenvalue weighted by Gasteiger charge is -2.36. The molecule has 37 heavy (non-hydrogen) atoms. The van der Waals surface area contributed by atoms with Gasteiger partial charge >= 0.3 is 6.61 Å². The maximum Gasteiger partial charge on any atom is 0.387 e. The number of aromatic nitrogens is 4. The van der Waals surface area contributed by atoms with Crippen LogP contribution in [0.1, 0.15) is 48.0 Å². The maximum atomic E-state index is 12.5. The minimum Gasteiger partial charge on any atom is -0.435 e. The molecule has 2 aliphatic rings. The minimum atomic E-state index is -2.87. The zero-order valence-electron chi connectivity index (χ0n) is 20.3. The third kappa shape index (κ3) is 4.91. The van der Waals surface area contributed by atoms with Crippen molar-refractivity contribution in [3.63, 3.8) is 0 Å². The highest BCUT2D eigenvalue weighted by Gasteiger charge is 2.30. The minimum absolute atomic E-state index is 0.0591. The van der Waals surface area contributed by atoms with Crippen LogP contribution in [0, 0.1) is 0 Å². The summed E-state index contributed by atoms with van der Waals surface area (Å²) in [6, 6.07) is 6.50. The summed E-state index contributed by atoms with van der Waals surface area (Å²) in [5.41, 5.74) is 13.1. The van der Waals surface area contributed by atoms with Crippen LogP contribution >= 0.6 is 0 Å². The number of benzene rings is 1. The first-order valence-corrected chi connectivity index (χ1v) is 12.0. The Morgan fingerprint density at radius 1 is 1.16 bits per heavy atom. The number of primary amides is 1. The number of hydrogen-bond donors (Lipinski definition) is 2. The van der Waals surface area contributed by atoms with Crippen LogP contribution in [0.4, 0.5) is 20.4 Å². The number of carbonyl (C=O) groups is 1. The molecule has 1 fully saturated rings. The molecule has 1 atom stereocenters. The Morgan fingerprint density at radius 2 is 1.86 bits per heavy atom. The van der Waals surface area contributed by atoms with Crippen LogP contribution in [-0.4, -0.2) is 56.6 Å². The molecule has 1 unspecified atom stereocenters. The second-order valence-electron chi connectivity index (χ2n) is 9.09. The van der Waals surface area contributed by atoms with E-state index in [1.54, 1.807) is 12.1 Å². The van der Waals surface area contributed by atoms with Crippen molar-refractivity contribution >= 4 is 17.5 Å². The number of nitrogens with zero attached hydrogens (tertiary/aromatic N) is 6. The number of amides is 1. The lowest BCUT2D eigenvalue weighted by molar-refractivity contribution is -0.0498. The summed E-state index contributed by atoms with van der Waals surface area (Å²) in [7, 11) is 0. The molecule has 0 radical (unpaired) electrons. The molecule has 4 heterocycles. The van der Waals surface area contributed by atoms with E-state index >= 15 is 0 Å². The lowest BCUT2D eigenvalue weighted by atomic mass is 9.95. The van der Waals surface area contributed by atoms with Crippen molar-refractivity contribution in [1.29, 1.82) is 0 Å². The second kappa shape index (κ2) is 10.0. The molecule has 0 bridgehead atoms. The number of piperidine rings is 1. The Balaban J connectivity index is 1.40. The second-order valence-corrected chi connectivity index (χ2v) is 9.09. The van der Waals surface area contributed by atoms with Crippen LogP contribution in [0.25, 0.3) is 11.3 Å². The van der Waals surface area contributed by atoms with Crippen molar-refractivity contribution in [2.45, 2.75) is 38.5 Å². The van der Waals surface area contributed by atoms with E-state index in [0.717, 1.165) is 36.5 Å². The van der Waals surface area contributed by atoms with E-state index in [0.29, 0.717) is 18.9 Å². The fourth-order valence-electron chi connectivity index (χ4n) is 4.83. The Kier molecular flexibility index (Phi) is 6.64. The van der Waals surface area contributed by atoms with Gasteiger partial charge in [-0.1, -0.05) is 0 Å². The molecular weight excluding hydrogens is 482 g/mol. The first kappa shape index (κ1) is 24.5. The van der Waals surface area contributed by atoms with Gasteiger partial charge in [-0.3, -0.25) is 4.79 Å². The van der Waals surface area contributed by atoms with Crippen LogP contribution in [0.15, 0.2) is 49.1 Å². The zero-order valence-corrected chi connectivity index (χ0v) is 20.3. The predicted molar refractivity (Wildman–Crippen MR) is 134 cm³/mol. The summed E-state index contributed by atoms with van der Waals surface area (Å²) < 4.78 is 31.7. The number of rotatable bonds is 8. The van der Waals surface area contributed by atoms with Crippen molar-refractivity contribution in [2.75, 3.05) is 30.3 Å². The number of anilines is 2. The third-order valence-electron chi connectivity index (χ3n) is 6.89. The van der Waals surface area contributed by atoms with E-state index in [1.165, 1.54) is 18.5 Å². The molecule has 3 aromatic rings. The molecule has 12 heteroatoms. The molecule has 0 aliphatic carbocycles. The van der Waals surface area contributed by atoms with Gasteiger partial charge in [0.2, 0.25) is 0 Å². The van der Waals surface area contributed by atoms with Gasteiger partial charge in [0.25, 0.3) is 5.91 Å². The molecule has 194 valence electrons. The van der Waals surface area contributed by atoms with Crippen LogP contribution in [0.2, 0.25) is 0 Å². The van der Waals surface area contributed by atoms with Gasteiger partial charge in [0.1, 0.15) is 41.3 Å². The summed E-state index contributed by atoms with van der Waals surface area (Å²) >= 11 is 0. The number of carbonyl (C=O) groups excluding carboxylic acids is 1. The molecule has 4 N–H and O–H groups in total. The molecule has 10 nitrogen and oxygen atoms in total. The quantitative estimate of drug-likeness (QED) is 0.472. The number of alkyl halides is 2. The van der Waals surface area contributed by atoms with Crippen molar-refractivity contribution in [3.05, 3.63) is 60.5 Å². The number of halogens is 2. The Bertz CT molecular complexity index is 1300. The Labute approximate surface area is 212 Å². The SMILES string of the molecule is CC(N1C=CC1)n1cc(-c2ccc(OC(F)F)cc2)nc1C1CCN(c2ncnc(N)c2C(N)=O)CC1. The van der Waals surface area contributed by atoms with Gasteiger partial charge < -0.3 is 30.6 Å². The lowest BCUT2D eigenvalue weighted by Crippen LogP contribution is -2.37. The van der Waals surface area contributed by atoms with Gasteiger partial charge in [-0.15, -0.1) is 0 Å². The molecular formula is C25H28F2N8O2. The van der Waals surface area contributed by atoms with E-state index in [9.17, 15) is 13.6 Å². The summed E-state index contributed by atoms with van der Waals surface area (Å²) in [4.78, 5) is 29.4. The highest BCUT2D eigenvalue weighted by Crippen LogP contribution is 2.35. The fraction of sp³-hybridized carbons (Fsp3) is 0.360. The number of imidazole rings is 1. The van der Waals surface area contributed by atoms with Gasteiger partial charge in [-0.25, -0.2) is 15.0 Å². The van der Waals surface area contributed by atoms with Gasteiger partial charge in [0.15, 0.2) is 0 Å². The first-order chi connectivity index (χ1) is 17.8.